The van der Waals surface area contributed by atoms with Crippen LogP contribution < -0.4 is 10.6 Å². The Balaban J connectivity index is 0.000000568. The molecule has 0 aliphatic carbocycles. The number of ether oxygens (including phenoxy) is 1. The highest BCUT2D eigenvalue weighted by atomic mass is 16.5. The summed E-state index contributed by atoms with van der Waals surface area (Å²) in [4.78, 5) is 18.9. The fraction of sp³-hybridized carbons (Fsp3) is 0.310. The Morgan fingerprint density at radius 1 is 1.08 bits per heavy atom. The number of likely N-dealkylation sites (tertiary alicyclic amines) is 1. The number of likely N-dealkylation sites (N-methyl/N-ethyl adjacent to an activating group) is 1. The number of nitrogens with zero attached hydrogens (tertiary/aromatic N) is 4. The molecule has 2 heterocycles. The van der Waals surface area contributed by atoms with E-state index in [0.717, 1.165) is 38.2 Å². The maximum absolute atomic E-state index is 12.6. The number of benzene rings is 2. The van der Waals surface area contributed by atoms with Gasteiger partial charge in [-0.25, -0.2) is 4.98 Å². The number of hydrogen-bond acceptors (Lipinski definition) is 7. The molecule has 3 aromatic rings. The molecule has 1 aromatic heterocycles. The van der Waals surface area contributed by atoms with Crippen LogP contribution in [0.4, 0.5) is 0 Å². The van der Waals surface area contributed by atoms with Crippen molar-refractivity contribution in [2.45, 2.75) is 18.5 Å². The van der Waals surface area contributed by atoms with Crippen molar-refractivity contribution in [1.82, 2.24) is 20.5 Å². The molecule has 1 saturated heterocycles. The van der Waals surface area contributed by atoms with E-state index in [1.54, 1.807) is 19.2 Å². The van der Waals surface area contributed by atoms with Gasteiger partial charge in [-0.15, -0.1) is 0 Å². The predicted octanol–water partition coefficient (Wildman–Crippen LogP) is 3.27. The van der Waals surface area contributed by atoms with E-state index in [0.29, 0.717) is 11.1 Å². The molecule has 1 amide bonds. The average molecular weight is 497 g/mol. The van der Waals surface area contributed by atoms with Gasteiger partial charge in [-0.1, -0.05) is 42.5 Å². The Hall–Kier alpha value is -4.08. The zero-order chi connectivity index (χ0) is 26.5. The number of nitrogens with one attached hydrogen (secondary N) is 2. The Morgan fingerprint density at radius 3 is 2.38 bits per heavy atom. The lowest BCUT2D eigenvalue weighted by molar-refractivity contribution is 0.0936. The molecule has 2 aromatic carbocycles. The first kappa shape index (κ1) is 27.5. The van der Waals surface area contributed by atoms with Gasteiger partial charge in [0.1, 0.15) is 11.8 Å². The topological polar surface area (TPSA) is 114 Å². The molecule has 2 atom stereocenters. The molecule has 2 N–H and O–H groups in total. The predicted molar refractivity (Wildman–Crippen MR) is 142 cm³/mol. The molecule has 8 nitrogen and oxygen atoms in total. The normalized spacial score (nSPS) is 15.5. The zero-order valence-electron chi connectivity index (χ0n) is 21.2. The summed E-state index contributed by atoms with van der Waals surface area (Å²) in [7, 11) is 3.59. The third-order valence-corrected chi connectivity index (χ3v) is 6.09. The van der Waals surface area contributed by atoms with Crippen LogP contribution in [0, 0.1) is 22.7 Å². The average Bonchev–Trinajstić information content (AvgIpc) is 3.41. The Bertz CT molecular complexity index is 1200. The summed E-state index contributed by atoms with van der Waals surface area (Å²) in [5.74, 6) is -0.182. The number of rotatable bonds is 8. The van der Waals surface area contributed by atoms with Crippen LogP contribution in [-0.4, -0.2) is 62.2 Å². The molecule has 1 aliphatic rings. The van der Waals surface area contributed by atoms with Gasteiger partial charge >= 0.3 is 0 Å². The quantitative estimate of drug-likeness (QED) is 0.460. The molecule has 0 bridgehead atoms. The van der Waals surface area contributed by atoms with E-state index in [9.17, 15) is 4.79 Å². The van der Waals surface area contributed by atoms with Gasteiger partial charge in [0.15, 0.2) is 0 Å². The summed E-state index contributed by atoms with van der Waals surface area (Å²) in [6.07, 6.45) is 2.28. The second-order valence-electron chi connectivity index (χ2n) is 8.64. The van der Waals surface area contributed by atoms with Gasteiger partial charge in [0.05, 0.1) is 29.8 Å². The summed E-state index contributed by atoms with van der Waals surface area (Å²) in [5, 5.41) is 24.0. The molecule has 0 spiro atoms. The van der Waals surface area contributed by atoms with Crippen LogP contribution in [0.1, 0.15) is 45.2 Å². The number of amides is 1. The van der Waals surface area contributed by atoms with E-state index in [1.165, 1.54) is 11.8 Å². The fourth-order valence-electron chi connectivity index (χ4n) is 4.20. The lowest BCUT2D eigenvalue weighted by atomic mass is 9.96. The van der Waals surface area contributed by atoms with Gasteiger partial charge < -0.3 is 15.4 Å². The van der Waals surface area contributed by atoms with Gasteiger partial charge in [0, 0.05) is 39.0 Å². The van der Waals surface area contributed by atoms with Crippen molar-refractivity contribution in [3.8, 4) is 12.1 Å². The van der Waals surface area contributed by atoms with Crippen molar-refractivity contribution >= 4 is 5.91 Å². The number of carbonyl (C=O) groups is 1. The van der Waals surface area contributed by atoms with Crippen molar-refractivity contribution in [3.05, 3.63) is 101 Å². The fourth-order valence-corrected chi connectivity index (χ4v) is 4.20. The molecule has 0 saturated carbocycles. The Morgan fingerprint density at radius 2 is 1.81 bits per heavy atom. The number of hydrogen-bond donors (Lipinski definition) is 2. The highest BCUT2D eigenvalue weighted by molar-refractivity contribution is 5.94. The zero-order valence-corrected chi connectivity index (χ0v) is 21.2. The third kappa shape index (κ3) is 7.96. The molecule has 37 heavy (non-hydrogen) atoms. The second kappa shape index (κ2) is 14.5. The van der Waals surface area contributed by atoms with Gasteiger partial charge in [0.2, 0.25) is 0 Å². The first-order valence-corrected chi connectivity index (χ1v) is 12.2. The summed E-state index contributed by atoms with van der Waals surface area (Å²) in [5.41, 5.74) is 3.67. The summed E-state index contributed by atoms with van der Waals surface area (Å²) >= 11 is 0. The van der Waals surface area contributed by atoms with E-state index in [4.69, 9.17) is 15.3 Å². The highest BCUT2D eigenvalue weighted by Crippen LogP contribution is 2.31. The van der Waals surface area contributed by atoms with Crippen molar-refractivity contribution in [3.63, 3.8) is 0 Å². The molecular formula is C29H32N6O2. The van der Waals surface area contributed by atoms with Crippen LogP contribution >= 0.6 is 0 Å². The standard InChI is InChI=1S/C25H21N5O.C4H11NO/c26-14-18-6-8-20(9-7-18)24(19-4-2-1-3-5-19)30-13-12-23(17-30)29-25(31)21-10-11-22(15-27)28-16-21;1-5-3-4-6-2/h1-11,16,23-24H,12-13,17H2,(H,29,31);5H,3-4H2,1-2H3/t23-,24?;/m1./s1. The largest absolute Gasteiger partial charge is 0.383 e. The maximum atomic E-state index is 12.6. The van der Waals surface area contributed by atoms with Crippen LogP contribution in [0.5, 0.6) is 0 Å². The van der Waals surface area contributed by atoms with E-state index < -0.39 is 0 Å². The van der Waals surface area contributed by atoms with Crippen molar-refractivity contribution in [2.24, 2.45) is 0 Å². The van der Waals surface area contributed by atoms with Crippen LogP contribution in [0.3, 0.4) is 0 Å². The molecular weight excluding hydrogens is 464 g/mol. The van der Waals surface area contributed by atoms with Gasteiger partial charge in [-0.05, 0) is 48.9 Å². The molecule has 1 unspecified atom stereocenters. The molecule has 190 valence electrons. The number of aromatic nitrogens is 1. The van der Waals surface area contributed by atoms with Crippen molar-refractivity contribution in [2.75, 3.05) is 40.4 Å². The number of nitriles is 2. The minimum atomic E-state index is -0.182. The molecule has 1 aliphatic heterocycles. The lowest BCUT2D eigenvalue weighted by Gasteiger charge is -2.29. The van der Waals surface area contributed by atoms with Crippen LogP contribution in [0.15, 0.2) is 72.9 Å². The third-order valence-electron chi connectivity index (χ3n) is 6.09. The Kier molecular flexibility index (Phi) is 10.8. The first-order valence-electron chi connectivity index (χ1n) is 12.2. The maximum Gasteiger partial charge on any atom is 0.253 e. The summed E-state index contributed by atoms with van der Waals surface area (Å²) in [6, 6.07) is 25.3. The first-order chi connectivity index (χ1) is 18.1. The summed E-state index contributed by atoms with van der Waals surface area (Å²) in [6.45, 7) is 3.30. The molecule has 8 heteroatoms. The number of carbonyl (C=O) groups excluding carboxylic acids is 1. The van der Waals surface area contributed by atoms with Gasteiger partial charge in [-0.3, -0.25) is 9.69 Å². The van der Waals surface area contributed by atoms with Gasteiger partial charge in [-0.2, -0.15) is 10.5 Å². The van der Waals surface area contributed by atoms with E-state index in [-0.39, 0.29) is 23.7 Å². The monoisotopic (exact) mass is 496 g/mol. The van der Waals surface area contributed by atoms with E-state index >= 15 is 0 Å². The minimum Gasteiger partial charge on any atom is -0.383 e. The molecule has 4 rings (SSSR count). The lowest BCUT2D eigenvalue weighted by Crippen LogP contribution is -2.38. The van der Waals surface area contributed by atoms with Crippen LogP contribution in [0.2, 0.25) is 0 Å². The molecule has 0 radical (unpaired) electrons. The van der Waals surface area contributed by atoms with Crippen molar-refractivity contribution in [1.29, 1.82) is 10.5 Å². The van der Waals surface area contributed by atoms with E-state index in [1.807, 2.05) is 55.6 Å². The van der Waals surface area contributed by atoms with Crippen LogP contribution in [0.25, 0.3) is 0 Å². The molecule has 1 fully saturated rings. The SMILES string of the molecule is CNCCOC.N#Cc1ccc(C(c2ccccc2)N2CC[C@@H](NC(=O)c3ccc(C#N)nc3)C2)cc1. The summed E-state index contributed by atoms with van der Waals surface area (Å²) < 4.78 is 4.72. The van der Waals surface area contributed by atoms with Crippen LogP contribution in [-0.2, 0) is 4.74 Å². The smallest absolute Gasteiger partial charge is 0.253 e. The number of methoxy groups -OCH3 is 1. The second-order valence-corrected chi connectivity index (χ2v) is 8.64. The number of pyridine rings is 1. The highest BCUT2D eigenvalue weighted by Gasteiger charge is 2.31. The van der Waals surface area contributed by atoms with Gasteiger partial charge in [0.25, 0.3) is 5.91 Å². The Labute approximate surface area is 218 Å². The minimum absolute atomic E-state index is 0.0211. The van der Waals surface area contributed by atoms with Crippen molar-refractivity contribution < 1.29 is 9.53 Å². The van der Waals surface area contributed by atoms with E-state index in [2.05, 4.69) is 38.7 Å².